The molecule has 0 amide bonds. The Morgan fingerprint density at radius 3 is 2.00 bits per heavy atom. The number of hydrogen-bond donors (Lipinski definition) is 4. The van der Waals surface area contributed by atoms with Crippen LogP contribution in [0.25, 0.3) is 5.69 Å². The summed E-state index contributed by atoms with van der Waals surface area (Å²) in [6.45, 7) is 0.742. The van der Waals surface area contributed by atoms with Crippen molar-refractivity contribution < 1.29 is 0 Å². The largest absolute Gasteiger partial charge is 0.400 e. The van der Waals surface area contributed by atoms with Crippen molar-refractivity contribution in [1.82, 2.24) is 39.7 Å². The molecule has 0 radical (unpaired) electrons. The Kier molecular flexibility index (Phi) is 11.4. The number of imidazole rings is 1. The number of nitrogens with two attached hydrogens (primary N) is 2. The number of aryl methyl sites for hydroxylation is 2. The molecule has 0 unspecified atom stereocenters. The maximum absolute atomic E-state index is 5.91. The highest BCUT2D eigenvalue weighted by atomic mass is 127. The Hall–Kier alpha value is -2.71. The molecule has 11 nitrogen and oxygen atoms in total. The summed E-state index contributed by atoms with van der Waals surface area (Å²) in [4.78, 5) is 8.24. The van der Waals surface area contributed by atoms with Crippen LogP contribution >= 0.6 is 22.6 Å². The number of nitrogens with one attached hydrogen (secondary N) is 2. The molecule has 0 bridgehead atoms. The van der Waals surface area contributed by atoms with Gasteiger partial charge in [0.25, 0.3) is 0 Å². The number of rotatable bonds is 5. The van der Waals surface area contributed by atoms with Crippen LogP contribution in [-0.2, 0) is 14.1 Å². The third-order valence-electron chi connectivity index (χ3n) is 7.64. The van der Waals surface area contributed by atoms with Gasteiger partial charge in [-0.25, -0.2) is 9.67 Å². The minimum Gasteiger partial charge on any atom is -0.400 e. The van der Waals surface area contributed by atoms with E-state index in [1.165, 1.54) is 57.1 Å². The number of hydrogen-bond acceptors (Lipinski definition) is 8. The van der Waals surface area contributed by atoms with Crippen molar-refractivity contribution in [3.05, 3.63) is 52.2 Å². The zero-order valence-corrected chi connectivity index (χ0v) is 27.0. The lowest BCUT2D eigenvalue weighted by atomic mass is 9.91. The smallest absolute Gasteiger partial charge is 0.127 e. The average Bonchev–Trinajstić information content (AvgIpc) is 3.84. The van der Waals surface area contributed by atoms with Crippen molar-refractivity contribution in [3.8, 4) is 5.69 Å². The van der Waals surface area contributed by atoms with Crippen LogP contribution in [0.1, 0.15) is 63.0 Å². The Bertz CT molecular complexity index is 1270. The van der Waals surface area contributed by atoms with Crippen molar-refractivity contribution in [2.45, 2.75) is 69.4 Å². The monoisotopic (exact) mass is 675 g/mol. The standard InChI is InChI=1S/C10H13N5.C8H18N2.C7H10N2.C4H5IN2/c1-14-6-8(5-12-14)15-10(11)4-9(13-15)7-2-3-7;1-9-7-5-3-4-6-8(7)10-2;8-6-3-7(9-4-6)5-1-2-5;1-7-2-4(5)6-3-7/h4-7H,2-3,11H2,1H3;7-10H,3-6H2,1-2H3;3,5H,1-2,4,8H2;2-3H,1H3/t;7-,8-;;/m.1../s1. The molecule has 3 saturated carbocycles. The minimum absolute atomic E-state index is 0.630. The maximum Gasteiger partial charge on any atom is 0.127 e. The maximum atomic E-state index is 5.91. The van der Waals surface area contributed by atoms with E-state index in [9.17, 15) is 0 Å². The van der Waals surface area contributed by atoms with Gasteiger partial charge in [-0.3, -0.25) is 9.67 Å². The minimum atomic E-state index is 0.630. The second-order valence-electron chi connectivity index (χ2n) is 11.2. The number of nitrogens with zero attached hydrogens (tertiary/aromatic N) is 7. The van der Waals surface area contributed by atoms with Gasteiger partial charge < -0.3 is 26.7 Å². The molecule has 0 spiro atoms. The third kappa shape index (κ3) is 9.67. The van der Waals surface area contributed by atoms with Gasteiger partial charge in [0, 0.05) is 61.7 Å². The molecule has 7 rings (SSSR count). The van der Waals surface area contributed by atoms with Crippen LogP contribution in [0.15, 0.2) is 47.7 Å². The van der Waals surface area contributed by atoms with E-state index >= 15 is 0 Å². The van der Waals surface area contributed by atoms with Crippen molar-refractivity contribution in [2.75, 3.05) is 26.4 Å². The molecule has 6 N–H and O–H groups in total. The highest BCUT2D eigenvalue weighted by molar-refractivity contribution is 14.1. The van der Waals surface area contributed by atoms with Crippen LogP contribution in [0.2, 0.25) is 0 Å². The summed E-state index contributed by atoms with van der Waals surface area (Å²) in [5.74, 6) is 2.08. The van der Waals surface area contributed by atoms with Gasteiger partial charge in [-0.2, -0.15) is 10.2 Å². The molecule has 3 aliphatic carbocycles. The van der Waals surface area contributed by atoms with Gasteiger partial charge in [-0.15, -0.1) is 0 Å². The van der Waals surface area contributed by atoms with E-state index in [0.717, 1.165) is 33.2 Å². The summed E-state index contributed by atoms with van der Waals surface area (Å²) in [6.07, 6.45) is 20.0. The summed E-state index contributed by atoms with van der Waals surface area (Å²) in [7, 11) is 7.95. The highest BCUT2D eigenvalue weighted by Crippen LogP contribution is 2.40. The van der Waals surface area contributed by atoms with E-state index in [0.29, 0.717) is 23.8 Å². The molecule has 4 heterocycles. The molecule has 3 aromatic rings. The lowest BCUT2D eigenvalue weighted by Gasteiger charge is -2.30. The van der Waals surface area contributed by atoms with Gasteiger partial charge in [-0.05, 0) is 81.3 Å². The van der Waals surface area contributed by atoms with Crippen LogP contribution in [-0.4, -0.2) is 67.5 Å². The van der Waals surface area contributed by atoms with E-state index in [4.69, 9.17) is 11.5 Å². The number of anilines is 1. The Morgan fingerprint density at radius 1 is 0.927 bits per heavy atom. The van der Waals surface area contributed by atoms with E-state index in [2.05, 4.69) is 67.5 Å². The predicted molar refractivity (Wildman–Crippen MR) is 174 cm³/mol. The predicted octanol–water partition coefficient (Wildman–Crippen LogP) is 3.52. The second kappa shape index (κ2) is 15.0. The number of halogens is 1. The normalized spacial score (nSPS) is 21.4. The zero-order valence-electron chi connectivity index (χ0n) is 24.8. The van der Waals surface area contributed by atoms with Gasteiger partial charge >= 0.3 is 0 Å². The number of likely N-dealkylation sites (N-methyl/N-ethyl adjacent to an activating group) is 2. The molecule has 2 atom stereocenters. The first-order valence-corrected chi connectivity index (χ1v) is 15.7. The topological polar surface area (TPSA) is 142 Å². The lowest BCUT2D eigenvalue weighted by Crippen LogP contribution is -2.47. The molecule has 1 aliphatic heterocycles. The average molecular weight is 676 g/mol. The molecule has 41 heavy (non-hydrogen) atoms. The van der Waals surface area contributed by atoms with Crippen molar-refractivity contribution in [3.63, 3.8) is 0 Å². The fourth-order valence-corrected chi connectivity index (χ4v) is 5.57. The van der Waals surface area contributed by atoms with Crippen molar-refractivity contribution in [1.29, 1.82) is 0 Å². The summed E-state index contributed by atoms with van der Waals surface area (Å²) in [5.41, 5.74) is 15.6. The van der Waals surface area contributed by atoms with Gasteiger partial charge in [-0.1, -0.05) is 12.8 Å². The quantitative estimate of drug-likeness (QED) is 0.304. The molecule has 224 valence electrons. The van der Waals surface area contributed by atoms with Crippen LogP contribution < -0.4 is 22.1 Å². The summed E-state index contributed by atoms with van der Waals surface area (Å²) < 4.78 is 6.45. The van der Waals surface area contributed by atoms with E-state index in [1.54, 1.807) is 21.9 Å². The number of aromatic nitrogens is 6. The first kappa shape index (κ1) is 31.2. The van der Waals surface area contributed by atoms with Crippen LogP contribution in [0.5, 0.6) is 0 Å². The Labute approximate surface area is 257 Å². The first-order chi connectivity index (χ1) is 19.8. The van der Waals surface area contributed by atoms with Gasteiger partial charge in [0.1, 0.15) is 15.2 Å². The Morgan fingerprint density at radius 2 is 1.59 bits per heavy atom. The van der Waals surface area contributed by atoms with Gasteiger partial charge in [0.05, 0.1) is 31.0 Å². The first-order valence-electron chi connectivity index (χ1n) is 14.6. The third-order valence-corrected chi connectivity index (χ3v) is 8.20. The molecule has 0 aromatic carbocycles. The molecule has 3 aromatic heterocycles. The second-order valence-corrected chi connectivity index (χ2v) is 12.3. The number of nitrogen functional groups attached to an aromatic ring is 1. The number of allylic oxidation sites excluding steroid dienone is 1. The van der Waals surface area contributed by atoms with Crippen LogP contribution in [0.3, 0.4) is 0 Å². The summed E-state index contributed by atoms with van der Waals surface area (Å²) in [6, 6.07) is 3.38. The summed E-state index contributed by atoms with van der Waals surface area (Å²) >= 11 is 2.17. The van der Waals surface area contributed by atoms with Crippen LogP contribution in [0.4, 0.5) is 5.82 Å². The molecule has 12 heteroatoms. The number of aliphatic imine (C=N–C) groups is 1. The fourth-order valence-electron chi connectivity index (χ4n) is 5.01. The van der Waals surface area contributed by atoms with Crippen LogP contribution in [0, 0.1) is 9.62 Å². The Balaban J connectivity index is 0.000000132. The zero-order chi connectivity index (χ0) is 29.4. The van der Waals surface area contributed by atoms with Gasteiger partial charge in [0.2, 0.25) is 0 Å². The molecule has 3 fully saturated rings. The summed E-state index contributed by atoms with van der Waals surface area (Å²) in [5, 5.41) is 15.3. The van der Waals surface area contributed by atoms with Crippen molar-refractivity contribution in [2.24, 2.45) is 30.7 Å². The SMILES string of the molecule is CN[C@@H]1CCCC[C@H]1NC.Cn1cc(-n2nc(C3CC3)cc2N)cn1.Cn1cnc(I)c1.NC1=CC(C2CC2)=NC1. The molecule has 4 aliphatic rings. The lowest BCUT2D eigenvalue weighted by molar-refractivity contribution is 0.309. The van der Waals surface area contributed by atoms with E-state index in [-0.39, 0.29) is 0 Å². The van der Waals surface area contributed by atoms with Crippen molar-refractivity contribution >= 4 is 34.1 Å². The molecule has 0 saturated heterocycles. The van der Waals surface area contributed by atoms with E-state index in [1.807, 2.05) is 43.2 Å². The van der Waals surface area contributed by atoms with Gasteiger partial charge in [0.15, 0.2) is 0 Å². The molecular formula is C29H46IN11. The molecular weight excluding hydrogens is 629 g/mol. The van der Waals surface area contributed by atoms with E-state index < -0.39 is 0 Å². The highest BCUT2D eigenvalue weighted by Gasteiger charge is 2.28. The fraction of sp³-hybridized carbons (Fsp3) is 0.586.